The average molecular weight is 479 g/mol. The van der Waals surface area contributed by atoms with Crippen molar-refractivity contribution in [1.82, 2.24) is 4.90 Å². The lowest BCUT2D eigenvalue weighted by Crippen LogP contribution is -2.45. The van der Waals surface area contributed by atoms with E-state index in [-0.39, 0.29) is 12.5 Å². The number of carbonyl (C=O) groups excluding carboxylic acids is 2. The maximum atomic E-state index is 13.8. The maximum absolute atomic E-state index is 13.8. The van der Waals surface area contributed by atoms with Crippen LogP contribution < -0.4 is 9.64 Å². The van der Waals surface area contributed by atoms with Crippen LogP contribution in [0, 0.1) is 0 Å². The summed E-state index contributed by atoms with van der Waals surface area (Å²) in [7, 11) is 5.46. The molecule has 0 bridgehead atoms. The molecule has 0 saturated heterocycles. The number of rotatable bonds is 7. The first-order valence-electron chi connectivity index (χ1n) is 10.2. The molecule has 1 aliphatic rings. The number of nitrogens with zero attached hydrogens (tertiary/aromatic N) is 2. The Morgan fingerprint density at radius 2 is 1.91 bits per heavy atom. The second-order valence-electron chi connectivity index (χ2n) is 7.44. The summed E-state index contributed by atoms with van der Waals surface area (Å²) in [6, 6.07) is 12.8. The zero-order valence-corrected chi connectivity index (χ0v) is 20.1. The minimum Gasteiger partial charge on any atom is -0.497 e. The van der Waals surface area contributed by atoms with Gasteiger partial charge >= 0.3 is 6.16 Å². The largest absolute Gasteiger partial charge is 0.509 e. The third-order valence-corrected chi connectivity index (χ3v) is 6.54. The summed E-state index contributed by atoms with van der Waals surface area (Å²) in [5.74, 6) is 0.381. The molecule has 172 valence electrons. The maximum Gasteiger partial charge on any atom is 0.509 e. The Morgan fingerprint density at radius 1 is 1.19 bits per heavy atom. The lowest BCUT2D eigenvalue weighted by molar-refractivity contribution is -0.128. The Hall–Kier alpha value is -2.42. The number of likely N-dealkylation sites (N-methyl/N-ethyl adjacent to an activating group) is 1. The SMILES string of the molecule is CCOC(=O)OC1C(=O)N(CCN(C)C)c2ccc(Cl)cc2S[C@H]1c1ccc(OC)cc1. The van der Waals surface area contributed by atoms with Gasteiger partial charge in [0.15, 0.2) is 0 Å². The van der Waals surface area contributed by atoms with Crippen LogP contribution in [0.3, 0.4) is 0 Å². The predicted molar refractivity (Wildman–Crippen MR) is 126 cm³/mol. The van der Waals surface area contributed by atoms with E-state index in [0.29, 0.717) is 23.9 Å². The van der Waals surface area contributed by atoms with Crippen LogP contribution in [-0.2, 0) is 14.3 Å². The summed E-state index contributed by atoms with van der Waals surface area (Å²) in [5.41, 5.74) is 1.55. The molecule has 0 radical (unpaired) electrons. The molecule has 0 fully saturated rings. The van der Waals surface area contributed by atoms with E-state index in [1.807, 2.05) is 55.4 Å². The topological polar surface area (TPSA) is 68.3 Å². The second-order valence-corrected chi connectivity index (χ2v) is 9.06. The first-order chi connectivity index (χ1) is 15.3. The fourth-order valence-electron chi connectivity index (χ4n) is 3.34. The van der Waals surface area contributed by atoms with Gasteiger partial charge in [-0.25, -0.2) is 4.79 Å². The number of fused-ring (bicyclic) bond motifs is 1. The minimum absolute atomic E-state index is 0.153. The van der Waals surface area contributed by atoms with Crippen molar-refractivity contribution in [2.75, 3.05) is 45.8 Å². The predicted octanol–water partition coefficient (Wildman–Crippen LogP) is 4.63. The van der Waals surface area contributed by atoms with Crippen LogP contribution in [0.5, 0.6) is 5.75 Å². The van der Waals surface area contributed by atoms with Gasteiger partial charge in [0, 0.05) is 23.0 Å². The lowest BCUT2D eigenvalue weighted by Gasteiger charge is -2.28. The molecular formula is C23H27ClN2O5S. The van der Waals surface area contributed by atoms with E-state index in [1.54, 1.807) is 25.0 Å². The number of thioether (sulfide) groups is 1. The van der Waals surface area contributed by atoms with E-state index < -0.39 is 17.5 Å². The van der Waals surface area contributed by atoms with Crippen molar-refractivity contribution in [3.05, 3.63) is 53.1 Å². The van der Waals surface area contributed by atoms with Crippen molar-refractivity contribution < 1.29 is 23.8 Å². The standard InChI is InChI=1S/C23H27ClN2O5S/c1-5-30-23(28)31-20-21(15-6-9-17(29-4)10-7-15)32-19-14-16(24)8-11-18(19)26(22(20)27)13-12-25(2)3/h6-11,14,20-21H,5,12-13H2,1-4H3/t20?,21-/m0/s1. The van der Waals surface area contributed by atoms with Crippen LogP contribution in [0.15, 0.2) is 47.4 Å². The summed E-state index contributed by atoms with van der Waals surface area (Å²) >= 11 is 7.72. The van der Waals surface area contributed by atoms with E-state index in [9.17, 15) is 9.59 Å². The number of carbonyl (C=O) groups is 2. The molecule has 2 aromatic rings. The molecule has 9 heteroatoms. The molecule has 0 saturated carbocycles. The van der Waals surface area contributed by atoms with E-state index in [0.717, 1.165) is 16.1 Å². The monoisotopic (exact) mass is 478 g/mol. The van der Waals surface area contributed by atoms with Gasteiger partial charge in [0.25, 0.3) is 5.91 Å². The Morgan fingerprint density at radius 3 is 2.53 bits per heavy atom. The van der Waals surface area contributed by atoms with Gasteiger partial charge < -0.3 is 24.0 Å². The second kappa shape index (κ2) is 10.9. The van der Waals surface area contributed by atoms with Crippen molar-refractivity contribution in [3.8, 4) is 5.75 Å². The Bertz CT molecular complexity index is 954. The molecule has 32 heavy (non-hydrogen) atoms. The van der Waals surface area contributed by atoms with Crippen LogP contribution >= 0.6 is 23.4 Å². The average Bonchev–Trinajstić information content (AvgIpc) is 2.87. The molecule has 7 nitrogen and oxygen atoms in total. The van der Waals surface area contributed by atoms with Crippen molar-refractivity contribution in [2.24, 2.45) is 0 Å². The number of hydrogen-bond donors (Lipinski definition) is 0. The van der Waals surface area contributed by atoms with Crippen molar-refractivity contribution >= 4 is 41.1 Å². The number of hydrogen-bond acceptors (Lipinski definition) is 7. The van der Waals surface area contributed by atoms with Crippen LogP contribution in [0.1, 0.15) is 17.7 Å². The Labute approximate surface area is 197 Å². The molecule has 0 aliphatic carbocycles. The molecule has 1 unspecified atom stereocenters. The van der Waals surface area contributed by atoms with Crippen LogP contribution in [0.2, 0.25) is 5.02 Å². The summed E-state index contributed by atoms with van der Waals surface area (Å²) in [4.78, 5) is 30.5. The number of halogens is 1. The van der Waals surface area contributed by atoms with Gasteiger partial charge in [-0.2, -0.15) is 0 Å². The highest BCUT2D eigenvalue weighted by atomic mass is 35.5. The molecule has 0 aromatic heterocycles. The number of ether oxygens (including phenoxy) is 3. The normalized spacial score (nSPS) is 18.2. The zero-order valence-electron chi connectivity index (χ0n) is 18.5. The first-order valence-corrected chi connectivity index (χ1v) is 11.5. The molecule has 0 spiro atoms. The van der Waals surface area contributed by atoms with E-state index in [1.165, 1.54) is 11.8 Å². The number of amides is 1. The molecule has 1 heterocycles. The van der Waals surface area contributed by atoms with Crippen molar-refractivity contribution in [3.63, 3.8) is 0 Å². The van der Waals surface area contributed by atoms with Crippen LogP contribution in [-0.4, -0.2) is 64.0 Å². The molecule has 0 N–H and O–H groups in total. The Balaban J connectivity index is 2.08. The molecule has 2 aromatic carbocycles. The van der Waals surface area contributed by atoms with E-state index in [2.05, 4.69) is 0 Å². The molecule has 1 amide bonds. The quantitative estimate of drug-likeness (QED) is 0.537. The third-order valence-electron chi connectivity index (χ3n) is 4.95. The molecule has 1 aliphatic heterocycles. The van der Waals surface area contributed by atoms with E-state index in [4.69, 9.17) is 25.8 Å². The van der Waals surface area contributed by atoms with Crippen molar-refractivity contribution in [1.29, 1.82) is 0 Å². The lowest BCUT2D eigenvalue weighted by atomic mass is 10.1. The summed E-state index contributed by atoms with van der Waals surface area (Å²) in [6.07, 6.45) is -1.96. The smallest absolute Gasteiger partial charge is 0.497 e. The van der Waals surface area contributed by atoms with Gasteiger partial charge in [-0.3, -0.25) is 4.79 Å². The van der Waals surface area contributed by atoms with E-state index >= 15 is 0 Å². The number of benzene rings is 2. The van der Waals surface area contributed by atoms with Gasteiger partial charge in [0.05, 0.1) is 24.7 Å². The molecule has 3 rings (SSSR count). The fourth-order valence-corrected chi connectivity index (χ4v) is 4.93. The molecular weight excluding hydrogens is 452 g/mol. The number of anilines is 1. The summed E-state index contributed by atoms with van der Waals surface area (Å²) in [6.45, 7) is 2.91. The van der Waals surface area contributed by atoms with Crippen molar-refractivity contribution in [2.45, 2.75) is 23.2 Å². The van der Waals surface area contributed by atoms with Gasteiger partial charge in [-0.1, -0.05) is 23.7 Å². The summed E-state index contributed by atoms with van der Waals surface area (Å²) in [5, 5.41) is 0.0638. The Kier molecular flexibility index (Phi) is 8.28. The third kappa shape index (κ3) is 5.68. The van der Waals surface area contributed by atoms with Gasteiger partial charge in [-0.05, 0) is 56.9 Å². The van der Waals surface area contributed by atoms with Crippen LogP contribution in [0.4, 0.5) is 10.5 Å². The van der Waals surface area contributed by atoms with Crippen LogP contribution in [0.25, 0.3) is 0 Å². The highest BCUT2D eigenvalue weighted by Gasteiger charge is 2.41. The van der Waals surface area contributed by atoms with Gasteiger partial charge in [-0.15, -0.1) is 11.8 Å². The highest BCUT2D eigenvalue weighted by molar-refractivity contribution is 7.99. The number of methoxy groups -OCH3 is 1. The molecule has 2 atom stereocenters. The first kappa shape index (κ1) is 24.2. The highest BCUT2D eigenvalue weighted by Crippen LogP contribution is 2.47. The fraction of sp³-hybridized carbons (Fsp3) is 0.391. The summed E-state index contributed by atoms with van der Waals surface area (Å²) < 4.78 is 15.8. The minimum atomic E-state index is -1.08. The van der Waals surface area contributed by atoms with Gasteiger partial charge in [0.1, 0.15) is 5.75 Å². The zero-order chi connectivity index (χ0) is 23.3. The van der Waals surface area contributed by atoms with Gasteiger partial charge in [0.2, 0.25) is 6.10 Å².